The van der Waals surface area contributed by atoms with E-state index in [1.807, 2.05) is 51.1 Å². The van der Waals surface area contributed by atoms with Crippen LogP contribution >= 0.6 is 11.8 Å². The molecule has 0 fully saturated rings. The smallest absolute Gasteiger partial charge is 0.330 e. The molecule has 1 aromatic rings. The molecule has 0 unspecified atom stereocenters. The molecule has 0 aromatic heterocycles. The Morgan fingerprint density at radius 1 is 1.27 bits per heavy atom. The van der Waals surface area contributed by atoms with E-state index >= 15 is 0 Å². The molecule has 1 aromatic carbocycles. The van der Waals surface area contributed by atoms with Crippen LogP contribution in [0.1, 0.15) is 40.5 Å². The number of benzene rings is 1. The fraction of sp³-hybridized carbons (Fsp3) is 0.500. The maximum absolute atomic E-state index is 11.8. The number of ether oxygens (including phenoxy) is 2. The zero-order valence-corrected chi connectivity index (χ0v) is 14.9. The third-order valence-corrected chi connectivity index (χ3v) is 4.01. The monoisotopic (exact) mass is 322 g/mol. The Kier molecular flexibility index (Phi) is 7.52. The molecule has 0 heterocycles. The molecule has 0 bridgehead atoms. The summed E-state index contributed by atoms with van der Waals surface area (Å²) in [6.45, 7) is 7.75. The van der Waals surface area contributed by atoms with Crippen LogP contribution in [0, 0.1) is 0 Å². The van der Waals surface area contributed by atoms with Crippen LogP contribution in [-0.4, -0.2) is 23.9 Å². The van der Waals surface area contributed by atoms with Crippen molar-refractivity contribution in [1.82, 2.24) is 0 Å². The molecule has 122 valence electrons. The van der Waals surface area contributed by atoms with Gasteiger partial charge in [-0.15, -0.1) is 11.8 Å². The average Bonchev–Trinajstić information content (AvgIpc) is 2.44. The molecule has 4 heteroatoms. The lowest BCUT2D eigenvalue weighted by molar-refractivity contribution is -0.148. The average molecular weight is 322 g/mol. The molecule has 22 heavy (non-hydrogen) atoms. The maximum atomic E-state index is 11.8. The van der Waals surface area contributed by atoms with Crippen molar-refractivity contribution in [2.75, 3.05) is 7.11 Å². The van der Waals surface area contributed by atoms with E-state index in [0.717, 1.165) is 23.5 Å². The molecule has 0 aliphatic heterocycles. The first kappa shape index (κ1) is 18.6. The first-order chi connectivity index (χ1) is 10.3. The highest BCUT2D eigenvalue weighted by atomic mass is 32.2. The predicted octanol–water partition coefficient (Wildman–Crippen LogP) is 4.85. The number of carbonyl (C=O) groups is 1. The van der Waals surface area contributed by atoms with Crippen molar-refractivity contribution in [3.63, 3.8) is 0 Å². The van der Waals surface area contributed by atoms with Crippen LogP contribution in [0.25, 0.3) is 0 Å². The van der Waals surface area contributed by atoms with Gasteiger partial charge in [-0.25, -0.2) is 4.79 Å². The second-order valence-electron chi connectivity index (χ2n) is 6.01. The second-order valence-corrected chi connectivity index (χ2v) is 7.33. The van der Waals surface area contributed by atoms with Crippen molar-refractivity contribution < 1.29 is 14.3 Å². The van der Waals surface area contributed by atoms with E-state index < -0.39 is 5.60 Å². The van der Waals surface area contributed by atoms with Crippen molar-refractivity contribution in [1.29, 1.82) is 0 Å². The van der Waals surface area contributed by atoms with Crippen LogP contribution in [0.3, 0.4) is 0 Å². The fourth-order valence-electron chi connectivity index (χ4n) is 1.83. The normalized spacial score (nSPS) is 13.1. The summed E-state index contributed by atoms with van der Waals surface area (Å²) in [6.07, 6.45) is 5.55. The van der Waals surface area contributed by atoms with Gasteiger partial charge in [0.2, 0.25) is 0 Å². The number of rotatable bonds is 7. The van der Waals surface area contributed by atoms with Crippen molar-refractivity contribution >= 4 is 17.7 Å². The topological polar surface area (TPSA) is 35.5 Å². The Balaban J connectivity index is 2.66. The van der Waals surface area contributed by atoms with Gasteiger partial charge in [-0.05, 0) is 51.5 Å². The summed E-state index contributed by atoms with van der Waals surface area (Å²) >= 11 is 1.74. The highest BCUT2D eigenvalue weighted by Gasteiger charge is 2.14. The lowest BCUT2D eigenvalue weighted by Crippen LogP contribution is -2.22. The van der Waals surface area contributed by atoms with Gasteiger partial charge in [-0.3, -0.25) is 0 Å². The summed E-state index contributed by atoms with van der Waals surface area (Å²) in [7, 11) is 1.66. The Hall–Kier alpha value is -1.42. The number of carbonyl (C=O) groups excluding carboxylic acids is 1. The van der Waals surface area contributed by atoms with Crippen LogP contribution in [0.2, 0.25) is 0 Å². The van der Waals surface area contributed by atoms with Crippen LogP contribution in [0.15, 0.2) is 41.3 Å². The van der Waals surface area contributed by atoms with E-state index in [2.05, 4.69) is 6.92 Å². The van der Waals surface area contributed by atoms with Crippen LogP contribution < -0.4 is 4.74 Å². The first-order valence-corrected chi connectivity index (χ1v) is 8.44. The van der Waals surface area contributed by atoms with Crippen LogP contribution in [-0.2, 0) is 9.53 Å². The van der Waals surface area contributed by atoms with E-state index in [4.69, 9.17) is 9.47 Å². The molecule has 3 nitrogen and oxygen atoms in total. The minimum Gasteiger partial charge on any atom is -0.497 e. The highest BCUT2D eigenvalue weighted by Crippen LogP contribution is 2.28. The molecule has 0 aliphatic carbocycles. The minimum atomic E-state index is -0.454. The van der Waals surface area contributed by atoms with Crippen LogP contribution in [0.4, 0.5) is 0 Å². The van der Waals surface area contributed by atoms with Crippen molar-refractivity contribution in [2.45, 2.75) is 56.3 Å². The van der Waals surface area contributed by atoms with Gasteiger partial charge in [0.25, 0.3) is 0 Å². The largest absolute Gasteiger partial charge is 0.497 e. The van der Waals surface area contributed by atoms with Gasteiger partial charge in [0.15, 0.2) is 0 Å². The van der Waals surface area contributed by atoms with Gasteiger partial charge in [-0.1, -0.05) is 19.4 Å². The highest BCUT2D eigenvalue weighted by molar-refractivity contribution is 8.00. The molecule has 0 spiro atoms. The first-order valence-electron chi connectivity index (χ1n) is 7.56. The summed E-state index contributed by atoms with van der Waals surface area (Å²) in [5.74, 6) is 0.560. The maximum Gasteiger partial charge on any atom is 0.330 e. The number of hydrogen-bond acceptors (Lipinski definition) is 4. The summed E-state index contributed by atoms with van der Waals surface area (Å²) in [4.78, 5) is 12.9. The van der Waals surface area contributed by atoms with Gasteiger partial charge in [0.1, 0.15) is 11.4 Å². The third kappa shape index (κ3) is 7.55. The molecular formula is C18H26O3S. The lowest BCUT2D eigenvalue weighted by atomic mass is 10.2. The Morgan fingerprint density at radius 2 is 1.91 bits per heavy atom. The fourth-order valence-corrected chi connectivity index (χ4v) is 2.98. The van der Waals surface area contributed by atoms with Crippen molar-refractivity contribution in [3.05, 3.63) is 36.4 Å². The third-order valence-electron chi connectivity index (χ3n) is 2.77. The van der Waals surface area contributed by atoms with Gasteiger partial charge >= 0.3 is 5.97 Å². The molecule has 0 saturated carbocycles. The summed E-state index contributed by atoms with van der Waals surface area (Å²) < 4.78 is 10.5. The zero-order chi connectivity index (χ0) is 16.6. The Labute approximate surface area is 138 Å². The summed E-state index contributed by atoms with van der Waals surface area (Å²) in [6, 6.07) is 7.97. The number of thioether (sulfide) groups is 1. The zero-order valence-electron chi connectivity index (χ0n) is 14.1. The SMILES string of the molecule is CCC[C@H](/C=C/C(=O)OC(C)(C)C)Sc1ccc(OC)cc1. The summed E-state index contributed by atoms with van der Waals surface area (Å²) in [5, 5.41) is 0.255. The molecule has 0 amide bonds. The van der Waals surface area contributed by atoms with E-state index in [1.54, 1.807) is 24.9 Å². The lowest BCUT2D eigenvalue weighted by Gasteiger charge is -2.18. The van der Waals surface area contributed by atoms with Crippen molar-refractivity contribution in [3.8, 4) is 5.75 Å². The number of methoxy groups -OCH3 is 1. The predicted molar refractivity (Wildman–Crippen MR) is 92.5 cm³/mol. The minimum absolute atomic E-state index is 0.255. The van der Waals surface area contributed by atoms with Gasteiger partial charge in [-0.2, -0.15) is 0 Å². The Bertz CT molecular complexity index is 486. The second kappa shape index (κ2) is 8.89. The number of hydrogen-bond donors (Lipinski definition) is 0. The van der Waals surface area contributed by atoms with Crippen molar-refractivity contribution in [2.24, 2.45) is 0 Å². The molecule has 1 atom stereocenters. The van der Waals surface area contributed by atoms with E-state index in [1.165, 1.54) is 0 Å². The summed E-state index contributed by atoms with van der Waals surface area (Å²) in [5.41, 5.74) is -0.454. The standard InChI is InChI=1S/C18H26O3S/c1-6-7-15(12-13-17(19)21-18(2,3)4)22-16-10-8-14(20-5)9-11-16/h8-13,15H,6-7H2,1-5H3/b13-12+/t15-/m1/s1. The molecule has 0 radical (unpaired) electrons. The van der Waals surface area contributed by atoms with Gasteiger partial charge < -0.3 is 9.47 Å². The molecule has 1 rings (SSSR count). The van der Waals surface area contributed by atoms with E-state index in [0.29, 0.717) is 0 Å². The van der Waals surface area contributed by atoms with Gasteiger partial charge in [0.05, 0.1) is 7.11 Å². The van der Waals surface area contributed by atoms with E-state index in [-0.39, 0.29) is 11.2 Å². The molecule has 0 N–H and O–H groups in total. The molecule has 0 saturated heterocycles. The Morgan fingerprint density at radius 3 is 2.41 bits per heavy atom. The molecule has 0 aliphatic rings. The molecular weight excluding hydrogens is 296 g/mol. The van der Waals surface area contributed by atoms with E-state index in [9.17, 15) is 4.79 Å². The number of esters is 1. The van der Waals surface area contributed by atoms with Gasteiger partial charge in [0, 0.05) is 16.2 Å². The quantitative estimate of drug-likeness (QED) is 0.408. The van der Waals surface area contributed by atoms with Crippen LogP contribution in [0.5, 0.6) is 5.75 Å².